The van der Waals surface area contributed by atoms with Gasteiger partial charge in [0.2, 0.25) is 5.91 Å². The average molecular weight is 710 g/mol. The van der Waals surface area contributed by atoms with Crippen LogP contribution in [-0.4, -0.2) is 41.9 Å². The standard InChI is InChI=1S/C42H79NO5S/c1-3-5-7-9-11-13-15-17-19-21-23-25-27-29-31-33-35-37-41(44)40(39-49(46,47)48)43-42(45)38-36-34-32-30-28-26-24-22-20-18-16-14-12-10-8-6-4-2/h18,20,27,29,35,37,40-41,44H,3-17,19,21-26,28,30-34,36,38-39H2,1-2H3,(H,43,45)(H,46,47,48)/b20-18-,29-27+,37-35+. The number of aliphatic hydroxyl groups is 1. The van der Waals surface area contributed by atoms with E-state index in [1.165, 1.54) is 147 Å². The molecule has 0 aromatic carbocycles. The van der Waals surface area contributed by atoms with Crippen LogP contribution < -0.4 is 5.32 Å². The van der Waals surface area contributed by atoms with Crippen molar-refractivity contribution in [1.82, 2.24) is 5.32 Å². The second-order valence-corrected chi connectivity index (χ2v) is 15.8. The van der Waals surface area contributed by atoms with Gasteiger partial charge in [-0.1, -0.05) is 179 Å². The van der Waals surface area contributed by atoms with Gasteiger partial charge in [0.15, 0.2) is 0 Å². The van der Waals surface area contributed by atoms with Gasteiger partial charge in [0.1, 0.15) is 0 Å². The molecule has 7 heteroatoms. The highest BCUT2D eigenvalue weighted by molar-refractivity contribution is 7.85. The van der Waals surface area contributed by atoms with Gasteiger partial charge in [0.25, 0.3) is 10.1 Å². The van der Waals surface area contributed by atoms with Crippen molar-refractivity contribution in [3.63, 3.8) is 0 Å². The van der Waals surface area contributed by atoms with E-state index in [0.29, 0.717) is 6.42 Å². The molecule has 0 saturated carbocycles. The summed E-state index contributed by atoms with van der Waals surface area (Å²) in [5, 5.41) is 13.2. The van der Waals surface area contributed by atoms with Crippen molar-refractivity contribution >= 4 is 16.0 Å². The van der Waals surface area contributed by atoms with E-state index in [1.807, 2.05) is 6.08 Å². The Hall–Kier alpha value is -1.44. The van der Waals surface area contributed by atoms with E-state index in [1.54, 1.807) is 0 Å². The van der Waals surface area contributed by atoms with E-state index in [0.717, 1.165) is 38.5 Å². The van der Waals surface area contributed by atoms with Gasteiger partial charge in [0.05, 0.1) is 17.9 Å². The Kier molecular flexibility index (Phi) is 35.3. The minimum atomic E-state index is -4.35. The molecule has 0 rings (SSSR count). The third kappa shape index (κ3) is 37.6. The maximum absolute atomic E-state index is 12.5. The summed E-state index contributed by atoms with van der Waals surface area (Å²) in [7, 11) is -4.35. The number of carbonyl (C=O) groups excluding carboxylic acids is 1. The fraction of sp³-hybridized carbons (Fsp3) is 0.833. The minimum absolute atomic E-state index is 0.283. The summed E-state index contributed by atoms with van der Waals surface area (Å²) in [4.78, 5) is 12.5. The van der Waals surface area contributed by atoms with Crippen LogP contribution in [0.1, 0.15) is 206 Å². The number of hydrogen-bond donors (Lipinski definition) is 3. The quantitative estimate of drug-likeness (QED) is 0.0338. The molecule has 0 aromatic rings. The lowest BCUT2D eigenvalue weighted by Gasteiger charge is -2.21. The molecule has 0 heterocycles. The molecule has 0 fully saturated rings. The van der Waals surface area contributed by atoms with Crippen molar-refractivity contribution in [1.29, 1.82) is 0 Å². The fourth-order valence-corrected chi connectivity index (χ4v) is 6.90. The summed E-state index contributed by atoms with van der Waals surface area (Å²) in [6.07, 6.45) is 47.0. The molecular formula is C42H79NO5S. The molecule has 0 bridgehead atoms. The van der Waals surface area contributed by atoms with Crippen molar-refractivity contribution in [2.45, 2.75) is 219 Å². The zero-order chi connectivity index (χ0) is 36.1. The first-order valence-corrected chi connectivity index (χ1v) is 22.3. The van der Waals surface area contributed by atoms with Gasteiger partial charge in [-0.05, 0) is 57.8 Å². The summed E-state index contributed by atoms with van der Waals surface area (Å²) >= 11 is 0. The number of nitrogens with one attached hydrogen (secondary N) is 1. The number of unbranched alkanes of at least 4 members (excludes halogenated alkanes) is 25. The summed E-state index contributed by atoms with van der Waals surface area (Å²) in [5.74, 6) is -1.00. The molecule has 3 N–H and O–H groups in total. The summed E-state index contributed by atoms with van der Waals surface area (Å²) in [6.45, 7) is 4.52. The average Bonchev–Trinajstić information content (AvgIpc) is 3.06. The lowest BCUT2D eigenvalue weighted by Crippen LogP contribution is -2.46. The zero-order valence-electron chi connectivity index (χ0n) is 32.1. The van der Waals surface area contributed by atoms with Crippen LogP contribution in [0.25, 0.3) is 0 Å². The topological polar surface area (TPSA) is 104 Å². The Morgan fingerprint density at radius 2 is 0.878 bits per heavy atom. The van der Waals surface area contributed by atoms with Gasteiger partial charge in [-0.15, -0.1) is 0 Å². The first kappa shape index (κ1) is 47.6. The molecular weight excluding hydrogens is 631 g/mol. The Labute approximate surface area is 304 Å². The second kappa shape index (κ2) is 36.4. The number of carbonyl (C=O) groups is 1. The number of aliphatic hydroxyl groups excluding tert-OH is 1. The minimum Gasteiger partial charge on any atom is -0.387 e. The van der Waals surface area contributed by atoms with Crippen LogP contribution in [0.2, 0.25) is 0 Å². The Bertz CT molecular complexity index is 914. The van der Waals surface area contributed by atoms with Crippen LogP contribution in [0.5, 0.6) is 0 Å². The number of hydrogen-bond acceptors (Lipinski definition) is 4. The molecule has 0 aliphatic heterocycles. The first-order valence-electron chi connectivity index (χ1n) is 20.7. The molecule has 2 atom stereocenters. The van der Waals surface area contributed by atoms with Gasteiger partial charge < -0.3 is 10.4 Å². The molecule has 0 aliphatic rings. The fourth-order valence-electron chi connectivity index (χ4n) is 6.17. The molecule has 0 saturated heterocycles. The van der Waals surface area contributed by atoms with Gasteiger partial charge >= 0.3 is 0 Å². The van der Waals surface area contributed by atoms with Crippen molar-refractivity contribution in [3.8, 4) is 0 Å². The van der Waals surface area contributed by atoms with Gasteiger partial charge in [-0.3, -0.25) is 9.35 Å². The monoisotopic (exact) mass is 710 g/mol. The molecule has 0 radical (unpaired) electrons. The predicted octanol–water partition coefficient (Wildman–Crippen LogP) is 12.1. The van der Waals surface area contributed by atoms with Crippen LogP contribution >= 0.6 is 0 Å². The molecule has 288 valence electrons. The molecule has 0 spiro atoms. The highest BCUT2D eigenvalue weighted by Crippen LogP contribution is 2.14. The third-order valence-corrected chi connectivity index (χ3v) is 10.1. The van der Waals surface area contributed by atoms with E-state index >= 15 is 0 Å². The van der Waals surface area contributed by atoms with Gasteiger partial charge in [-0.25, -0.2) is 0 Å². The van der Waals surface area contributed by atoms with Gasteiger partial charge in [0, 0.05) is 6.42 Å². The summed E-state index contributed by atoms with van der Waals surface area (Å²) in [5.41, 5.74) is 0. The Balaban J connectivity index is 3.97. The molecule has 6 nitrogen and oxygen atoms in total. The molecule has 2 unspecified atom stereocenters. The maximum atomic E-state index is 12.5. The van der Waals surface area contributed by atoms with E-state index in [2.05, 4.69) is 43.5 Å². The SMILES string of the molecule is CCCCCCCC/C=C\CCCCCCCCCC(=O)NC(CS(=O)(=O)O)C(O)/C=C/CC/C=C/CCCCCCCCCCCCC. The van der Waals surface area contributed by atoms with Crippen molar-refractivity contribution in [2.24, 2.45) is 0 Å². The zero-order valence-corrected chi connectivity index (χ0v) is 32.9. The van der Waals surface area contributed by atoms with Crippen molar-refractivity contribution < 1.29 is 22.9 Å². The maximum Gasteiger partial charge on any atom is 0.267 e. The van der Waals surface area contributed by atoms with E-state index < -0.39 is 28.0 Å². The third-order valence-electron chi connectivity index (χ3n) is 9.29. The lowest BCUT2D eigenvalue weighted by molar-refractivity contribution is -0.122. The highest BCUT2D eigenvalue weighted by Gasteiger charge is 2.24. The lowest BCUT2D eigenvalue weighted by atomic mass is 10.1. The Morgan fingerprint density at radius 3 is 1.29 bits per heavy atom. The van der Waals surface area contributed by atoms with Crippen LogP contribution in [0.3, 0.4) is 0 Å². The number of rotatable bonds is 37. The van der Waals surface area contributed by atoms with Gasteiger partial charge in [-0.2, -0.15) is 8.42 Å². The highest BCUT2D eigenvalue weighted by atomic mass is 32.2. The number of allylic oxidation sites excluding steroid dienone is 5. The van der Waals surface area contributed by atoms with Crippen molar-refractivity contribution in [2.75, 3.05) is 5.75 Å². The Morgan fingerprint density at radius 1 is 0.531 bits per heavy atom. The first-order chi connectivity index (χ1) is 23.8. The molecule has 49 heavy (non-hydrogen) atoms. The van der Waals surface area contributed by atoms with E-state index in [9.17, 15) is 22.9 Å². The molecule has 0 aliphatic carbocycles. The van der Waals surface area contributed by atoms with Crippen LogP contribution in [0.15, 0.2) is 36.5 Å². The summed E-state index contributed by atoms with van der Waals surface area (Å²) in [6, 6.07) is -1.07. The van der Waals surface area contributed by atoms with Crippen LogP contribution in [0, 0.1) is 0 Å². The molecule has 1 amide bonds. The predicted molar refractivity (Wildman–Crippen MR) is 212 cm³/mol. The normalized spacial score (nSPS) is 13.6. The largest absolute Gasteiger partial charge is 0.387 e. The second-order valence-electron chi connectivity index (χ2n) is 14.3. The van der Waals surface area contributed by atoms with Crippen molar-refractivity contribution in [3.05, 3.63) is 36.5 Å². The van der Waals surface area contributed by atoms with E-state index in [-0.39, 0.29) is 12.3 Å². The summed E-state index contributed by atoms with van der Waals surface area (Å²) < 4.78 is 32.5. The van der Waals surface area contributed by atoms with Crippen LogP contribution in [-0.2, 0) is 14.9 Å². The smallest absolute Gasteiger partial charge is 0.267 e. The van der Waals surface area contributed by atoms with E-state index in [4.69, 9.17) is 0 Å². The number of amides is 1. The van der Waals surface area contributed by atoms with Crippen LogP contribution in [0.4, 0.5) is 0 Å². The molecule has 0 aromatic heterocycles.